The van der Waals surface area contributed by atoms with Crippen molar-refractivity contribution in [1.82, 2.24) is 14.5 Å². The third kappa shape index (κ3) is 4.67. The van der Waals surface area contributed by atoms with E-state index in [4.69, 9.17) is 0 Å². The summed E-state index contributed by atoms with van der Waals surface area (Å²) in [5, 5.41) is 12.9. The summed E-state index contributed by atoms with van der Waals surface area (Å²) in [5.41, 5.74) is 2.06. The van der Waals surface area contributed by atoms with Crippen molar-refractivity contribution in [3.8, 4) is 0 Å². The summed E-state index contributed by atoms with van der Waals surface area (Å²) in [6.45, 7) is 9.69. The molecule has 0 fully saturated rings. The molecule has 0 aliphatic carbocycles. The predicted octanol–water partition coefficient (Wildman–Crippen LogP) is 3.75. The van der Waals surface area contributed by atoms with Crippen molar-refractivity contribution in [3.05, 3.63) is 18.1 Å². The van der Waals surface area contributed by atoms with E-state index in [1.165, 1.54) is 0 Å². The first-order valence-electron chi connectivity index (χ1n) is 8.76. The quantitative estimate of drug-likeness (QED) is 0.739. The van der Waals surface area contributed by atoms with Gasteiger partial charge in [-0.1, -0.05) is 33.6 Å². The third-order valence-electron chi connectivity index (χ3n) is 4.01. The minimum atomic E-state index is 0.196. The monoisotopic (exact) mass is 318 g/mol. The summed E-state index contributed by atoms with van der Waals surface area (Å²) >= 11 is 0. The minimum Gasteiger partial charge on any atom is -0.396 e. The molecule has 0 aromatic carbocycles. The zero-order valence-corrected chi connectivity index (χ0v) is 14.8. The minimum absolute atomic E-state index is 0.196. The number of hydrogen-bond donors (Lipinski definition) is 2. The first-order valence-corrected chi connectivity index (χ1v) is 8.76. The van der Waals surface area contributed by atoms with E-state index in [-0.39, 0.29) is 12.6 Å². The Balaban J connectivity index is 2.34. The van der Waals surface area contributed by atoms with Crippen LogP contribution in [0.25, 0.3) is 11.0 Å². The van der Waals surface area contributed by atoms with Crippen molar-refractivity contribution in [2.45, 2.75) is 66.0 Å². The highest BCUT2D eigenvalue weighted by Crippen LogP contribution is 2.24. The van der Waals surface area contributed by atoms with E-state index in [9.17, 15) is 5.11 Å². The van der Waals surface area contributed by atoms with Gasteiger partial charge < -0.3 is 15.0 Å². The smallest absolute Gasteiger partial charge is 0.154 e. The summed E-state index contributed by atoms with van der Waals surface area (Å²) in [4.78, 5) is 9.21. The van der Waals surface area contributed by atoms with Crippen molar-refractivity contribution in [1.29, 1.82) is 0 Å². The molecule has 2 N–H and O–H groups in total. The Morgan fingerprint density at radius 1 is 1.26 bits per heavy atom. The number of nitrogens with one attached hydrogen (secondary N) is 1. The molecule has 2 rings (SSSR count). The van der Waals surface area contributed by atoms with Gasteiger partial charge in [0.25, 0.3) is 0 Å². The molecule has 0 aliphatic rings. The average Bonchev–Trinajstić information content (AvgIpc) is 2.87. The van der Waals surface area contributed by atoms with Crippen molar-refractivity contribution >= 4 is 16.9 Å². The van der Waals surface area contributed by atoms with Gasteiger partial charge in [0.1, 0.15) is 11.3 Å². The van der Waals surface area contributed by atoms with Gasteiger partial charge in [0.15, 0.2) is 5.82 Å². The number of nitrogens with zero attached hydrogens (tertiary/aromatic N) is 3. The molecule has 0 spiro atoms. The number of fused-ring (bicyclic) bond motifs is 1. The Bertz CT molecular complexity index is 621. The van der Waals surface area contributed by atoms with Crippen LogP contribution in [0.2, 0.25) is 0 Å². The molecule has 5 heteroatoms. The molecule has 2 aromatic rings. The van der Waals surface area contributed by atoms with Crippen LogP contribution in [0.3, 0.4) is 0 Å². The number of aliphatic hydroxyl groups excluding tert-OH is 1. The molecule has 5 nitrogen and oxygen atoms in total. The van der Waals surface area contributed by atoms with Crippen molar-refractivity contribution < 1.29 is 5.11 Å². The van der Waals surface area contributed by atoms with E-state index in [1.54, 1.807) is 0 Å². The molecule has 2 heterocycles. The Hall–Kier alpha value is -1.62. The lowest BCUT2D eigenvalue weighted by atomic mass is 10.1. The molecule has 23 heavy (non-hydrogen) atoms. The maximum absolute atomic E-state index is 9.34. The van der Waals surface area contributed by atoms with Gasteiger partial charge in [0.05, 0.1) is 5.52 Å². The number of aliphatic hydroxyl groups is 1. The van der Waals surface area contributed by atoms with Crippen LogP contribution in [0.5, 0.6) is 0 Å². The lowest BCUT2D eigenvalue weighted by molar-refractivity contribution is 0.276. The summed E-state index contributed by atoms with van der Waals surface area (Å²) in [5.74, 6) is 2.24. The number of aryl methyl sites for hydroxylation is 1. The molecular formula is C18H30N4O. The second kappa shape index (κ2) is 8.29. The molecule has 0 amide bonds. The van der Waals surface area contributed by atoms with Gasteiger partial charge >= 0.3 is 0 Å². The maximum atomic E-state index is 9.34. The molecule has 1 atom stereocenters. The predicted molar refractivity (Wildman–Crippen MR) is 95.7 cm³/mol. The highest BCUT2D eigenvalue weighted by atomic mass is 16.3. The molecule has 128 valence electrons. The van der Waals surface area contributed by atoms with E-state index in [0.29, 0.717) is 5.92 Å². The maximum Gasteiger partial charge on any atom is 0.154 e. The van der Waals surface area contributed by atoms with E-state index < -0.39 is 0 Å². The van der Waals surface area contributed by atoms with Crippen LogP contribution in [0.4, 0.5) is 5.82 Å². The van der Waals surface area contributed by atoms with Crippen molar-refractivity contribution in [3.63, 3.8) is 0 Å². The van der Waals surface area contributed by atoms with Gasteiger partial charge in [-0.2, -0.15) is 0 Å². The van der Waals surface area contributed by atoms with Crippen LogP contribution in [0.1, 0.15) is 52.3 Å². The Kier molecular flexibility index (Phi) is 6.39. The van der Waals surface area contributed by atoms with Gasteiger partial charge in [-0.05, 0) is 31.7 Å². The van der Waals surface area contributed by atoms with Crippen LogP contribution < -0.4 is 5.32 Å². The lowest BCUT2D eigenvalue weighted by Crippen LogP contribution is -2.22. The van der Waals surface area contributed by atoms with E-state index in [2.05, 4.69) is 52.9 Å². The van der Waals surface area contributed by atoms with Gasteiger partial charge in [-0.25, -0.2) is 9.97 Å². The van der Waals surface area contributed by atoms with Crippen LogP contribution in [-0.4, -0.2) is 32.3 Å². The Morgan fingerprint density at radius 3 is 2.70 bits per heavy atom. The number of aromatic nitrogens is 3. The van der Waals surface area contributed by atoms with Crippen LogP contribution in [-0.2, 0) is 6.54 Å². The Morgan fingerprint density at radius 2 is 2.04 bits per heavy atom. The van der Waals surface area contributed by atoms with E-state index in [1.807, 2.05) is 6.92 Å². The molecule has 0 saturated carbocycles. The van der Waals surface area contributed by atoms with Gasteiger partial charge in [-0.15, -0.1) is 0 Å². The molecule has 2 aromatic heterocycles. The zero-order valence-electron chi connectivity index (χ0n) is 14.8. The van der Waals surface area contributed by atoms with E-state index in [0.717, 1.165) is 54.9 Å². The summed E-state index contributed by atoms with van der Waals surface area (Å²) in [7, 11) is 0. The van der Waals surface area contributed by atoms with Gasteiger partial charge in [0, 0.05) is 25.4 Å². The van der Waals surface area contributed by atoms with Crippen LogP contribution in [0, 0.1) is 12.8 Å². The number of unbranched alkanes of at least 4 members (excludes halogenated alkanes) is 1. The van der Waals surface area contributed by atoms with E-state index >= 15 is 0 Å². The SMILES string of the molecule is CCCC[C@@H](CCO)Nc1nc(C)nc2ccn(CC(C)C)c12. The average molecular weight is 318 g/mol. The third-order valence-corrected chi connectivity index (χ3v) is 4.01. The fourth-order valence-electron chi connectivity index (χ4n) is 2.96. The molecule has 0 bridgehead atoms. The van der Waals surface area contributed by atoms with Gasteiger partial charge in [-0.3, -0.25) is 0 Å². The summed E-state index contributed by atoms with van der Waals surface area (Å²) in [6.07, 6.45) is 6.20. The van der Waals surface area contributed by atoms with Crippen molar-refractivity contribution in [2.75, 3.05) is 11.9 Å². The summed E-state index contributed by atoms with van der Waals surface area (Å²) in [6, 6.07) is 2.31. The molecule has 0 unspecified atom stereocenters. The van der Waals surface area contributed by atoms with Crippen LogP contribution >= 0.6 is 0 Å². The topological polar surface area (TPSA) is 63.0 Å². The second-order valence-electron chi connectivity index (χ2n) is 6.71. The Labute approximate surface area is 139 Å². The molecule has 0 aliphatic heterocycles. The number of anilines is 1. The van der Waals surface area contributed by atoms with Crippen LogP contribution in [0.15, 0.2) is 12.3 Å². The molecular weight excluding hydrogens is 288 g/mol. The molecule has 0 radical (unpaired) electrons. The summed E-state index contributed by atoms with van der Waals surface area (Å²) < 4.78 is 2.23. The number of hydrogen-bond acceptors (Lipinski definition) is 4. The van der Waals surface area contributed by atoms with Crippen molar-refractivity contribution in [2.24, 2.45) is 5.92 Å². The fraction of sp³-hybridized carbons (Fsp3) is 0.667. The van der Waals surface area contributed by atoms with Gasteiger partial charge in [0.2, 0.25) is 0 Å². The first-order chi connectivity index (χ1) is 11.0. The lowest BCUT2D eigenvalue weighted by Gasteiger charge is -2.20. The standard InChI is InChI=1S/C18H30N4O/c1-5-6-7-15(9-11-23)21-18-17-16(19-14(4)20-18)8-10-22(17)12-13(2)3/h8,10,13,15,23H,5-7,9,11-12H2,1-4H3,(H,19,20,21)/t15-/m0/s1. The highest BCUT2D eigenvalue weighted by Gasteiger charge is 2.15. The normalized spacial score (nSPS) is 13.0. The largest absolute Gasteiger partial charge is 0.396 e. The highest BCUT2D eigenvalue weighted by molar-refractivity contribution is 5.86. The second-order valence-corrected chi connectivity index (χ2v) is 6.71. The number of rotatable bonds is 9. The first kappa shape index (κ1) is 17.7. The molecule has 0 saturated heterocycles. The zero-order chi connectivity index (χ0) is 16.8. The fourth-order valence-corrected chi connectivity index (χ4v) is 2.96.